The van der Waals surface area contributed by atoms with E-state index in [1.165, 1.54) is 5.56 Å². The molecule has 2 rings (SSSR count). The first kappa shape index (κ1) is 11.5. The van der Waals surface area contributed by atoms with Crippen molar-refractivity contribution in [3.8, 4) is 11.5 Å². The van der Waals surface area contributed by atoms with E-state index in [1.54, 1.807) is 0 Å². The molecule has 17 heavy (non-hydrogen) atoms. The van der Waals surface area contributed by atoms with Crippen molar-refractivity contribution in [3.63, 3.8) is 0 Å². The Hall–Kier alpha value is -1.96. The molecule has 0 atom stereocenters. The van der Waals surface area contributed by atoms with Crippen LogP contribution in [0.2, 0.25) is 0 Å². The fourth-order valence-corrected chi connectivity index (χ4v) is 1.61. The molecule has 0 spiro atoms. The second-order valence-corrected chi connectivity index (χ2v) is 4.40. The van der Waals surface area contributed by atoms with Gasteiger partial charge in [-0.1, -0.05) is 26.0 Å². The van der Waals surface area contributed by atoms with Gasteiger partial charge in [0.1, 0.15) is 11.5 Å². The third kappa shape index (κ3) is 3.00. The maximum atomic E-state index is 5.77. The summed E-state index contributed by atoms with van der Waals surface area (Å²) in [6.45, 7) is 4.34. The molecule has 0 heterocycles. The van der Waals surface area contributed by atoms with Crippen LogP contribution in [-0.2, 0) is 0 Å². The van der Waals surface area contributed by atoms with Gasteiger partial charge in [0.15, 0.2) is 0 Å². The van der Waals surface area contributed by atoms with E-state index < -0.39 is 0 Å². The summed E-state index contributed by atoms with van der Waals surface area (Å²) >= 11 is 0. The quantitative estimate of drug-likeness (QED) is 0.798. The van der Waals surface area contributed by atoms with Gasteiger partial charge in [0.2, 0.25) is 0 Å². The lowest BCUT2D eigenvalue weighted by Crippen LogP contribution is -1.90. The van der Waals surface area contributed by atoms with E-state index in [-0.39, 0.29) is 0 Å². The first-order valence-corrected chi connectivity index (χ1v) is 5.78. The number of nitrogens with two attached hydrogens (primary N) is 1. The van der Waals surface area contributed by atoms with Gasteiger partial charge in [-0.3, -0.25) is 0 Å². The van der Waals surface area contributed by atoms with Gasteiger partial charge < -0.3 is 10.5 Å². The SMILES string of the molecule is CC(C)c1cccc(Oc2ccc(N)cc2)c1. The van der Waals surface area contributed by atoms with Crippen LogP contribution in [0.15, 0.2) is 48.5 Å². The molecule has 0 aromatic heterocycles. The molecule has 0 aliphatic rings. The van der Waals surface area contributed by atoms with Gasteiger partial charge in [-0.05, 0) is 47.9 Å². The van der Waals surface area contributed by atoms with E-state index in [9.17, 15) is 0 Å². The minimum absolute atomic E-state index is 0.505. The molecule has 2 aromatic rings. The van der Waals surface area contributed by atoms with Crippen molar-refractivity contribution in [1.29, 1.82) is 0 Å². The van der Waals surface area contributed by atoms with Crippen molar-refractivity contribution >= 4 is 5.69 Å². The van der Waals surface area contributed by atoms with Crippen molar-refractivity contribution in [1.82, 2.24) is 0 Å². The third-order valence-electron chi connectivity index (χ3n) is 2.64. The van der Waals surface area contributed by atoms with Gasteiger partial charge in [-0.15, -0.1) is 0 Å². The van der Waals surface area contributed by atoms with Crippen LogP contribution < -0.4 is 10.5 Å². The zero-order valence-electron chi connectivity index (χ0n) is 10.2. The minimum atomic E-state index is 0.505. The molecule has 0 radical (unpaired) electrons. The highest BCUT2D eigenvalue weighted by Crippen LogP contribution is 2.25. The van der Waals surface area contributed by atoms with Gasteiger partial charge >= 0.3 is 0 Å². The van der Waals surface area contributed by atoms with Crippen LogP contribution in [0.1, 0.15) is 25.3 Å². The molecule has 0 saturated carbocycles. The fraction of sp³-hybridized carbons (Fsp3) is 0.200. The highest BCUT2D eigenvalue weighted by Gasteiger charge is 2.02. The highest BCUT2D eigenvalue weighted by atomic mass is 16.5. The number of ether oxygens (including phenoxy) is 1. The number of nitrogen functional groups attached to an aromatic ring is 1. The molecule has 0 saturated heterocycles. The lowest BCUT2D eigenvalue weighted by Gasteiger charge is -2.09. The predicted molar refractivity (Wildman–Crippen MR) is 71.5 cm³/mol. The molecule has 0 fully saturated rings. The fourth-order valence-electron chi connectivity index (χ4n) is 1.61. The normalized spacial score (nSPS) is 10.5. The lowest BCUT2D eigenvalue weighted by atomic mass is 10.0. The van der Waals surface area contributed by atoms with Crippen molar-refractivity contribution < 1.29 is 4.74 Å². The molecular formula is C15H17NO. The zero-order chi connectivity index (χ0) is 12.3. The van der Waals surface area contributed by atoms with E-state index in [1.807, 2.05) is 36.4 Å². The van der Waals surface area contributed by atoms with Crippen molar-refractivity contribution in [3.05, 3.63) is 54.1 Å². The van der Waals surface area contributed by atoms with Gasteiger partial charge in [0, 0.05) is 5.69 Å². The average Bonchev–Trinajstić information content (AvgIpc) is 2.32. The van der Waals surface area contributed by atoms with E-state index in [2.05, 4.69) is 26.0 Å². The standard InChI is InChI=1S/C15H17NO/c1-11(2)12-4-3-5-15(10-12)17-14-8-6-13(16)7-9-14/h3-11H,16H2,1-2H3. The molecule has 2 N–H and O–H groups in total. The first-order chi connectivity index (χ1) is 8.15. The molecule has 88 valence electrons. The second-order valence-electron chi connectivity index (χ2n) is 4.40. The summed E-state index contributed by atoms with van der Waals surface area (Å²) in [5, 5.41) is 0. The predicted octanol–water partition coefficient (Wildman–Crippen LogP) is 4.18. The van der Waals surface area contributed by atoms with Crippen LogP contribution in [0.3, 0.4) is 0 Å². The van der Waals surface area contributed by atoms with Crippen molar-refractivity contribution in [2.75, 3.05) is 5.73 Å². The molecule has 0 aliphatic heterocycles. The number of hydrogen-bond donors (Lipinski definition) is 1. The Morgan fingerprint density at radius 3 is 2.29 bits per heavy atom. The summed E-state index contributed by atoms with van der Waals surface area (Å²) in [5.41, 5.74) is 7.65. The monoisotopic (exact) mass is 227 g/mol. The minimum Gasteiger partial charge on any atom is -0.457 e. The Morgan fingerprint density at radius 2 is 1.65 bits per heavy atom. The van der Waals surface area contributed by atoms with Crippen LogP contribution in [0.5, 0.6) is 11.5 Å². The number of hydrogen-bond acceptors (Lipinski definition) is 2. The average molecular weight is 227 g/mol. The molecule has 0 amide bonds. The van der Waals surface area contributed by atoms with E-state index in [4.69, 9.17) is 10.5 Å². The Morgan fingerprint density at radius 1 is 0.941 bits per heavy atom. The topological polar surface area (TPSA) is 35.2 Å². The smallest absolute Gasteiger partial charge is 0.127 e. The van der Waals surface area contributed by atoms with Gasteiger partial charge in [-0.25, -0.2) is 0 Å². The molecule has 2 nitrogen and oxygen atoms in total. The van der Waals surface area contributed by atoms with Crippen molar-refractivity contribution in [2.24, 2.45) is 0 Å². The summed E-state index contributed by atoms with van der Waals surface area (Å²) in [6, 6.07) is 15.6. The van der Waals surface area contributed by atoms with Crippen LogP contribution in [0.4, 0.5) is 5.69 Å². The largest absolute Gasteiger partial charge is 0.457 e. The molecule has 0 bridgehead atoms. The van der Waals surface area contributed by atoms with Gasteiger partial charge in [0.25, 0.3) is 0 Å². The first-order valence-electron chi connectivity index (χ1n) is 5.78. The Bertz CT molecular complexity index is 489. The van der Waals surface area contributed by atoms with E-state index in [0.29, 0.717) is 5.92 Å². The van der Waals surface area contributed by atoms with Crippen molar-refractivity contribution in [2.45, 2.75) is 19.8 Å². The van der Waals surface area contributed by atoms with Crippen LogP contribution >= 0.6 is 0 Å². The number of anilines is 1. The van der Waals surface area contributed by atoms with E-state index >= 15 is 0 Å². The maximum Gasteiger partial charge on any atom is 0.127 e. The summed E-state index contributed by atoms with van der Waals surface area (Å²) in [6.07, 6.45) is 0. The molecule has 2 aromatic carbocycles. The van der Waals surface area contributed by atoms with Gasteiger partial charge in [0.05, 0.1) is 0 Å². The second kappa shape index (κ2) is 4.91. The van der Waals surface area contributed by atoms with Gasteiger partial charge in [-0.2, -0.15) is 0 Å². The summed E-state index contributed by atoms with van der Waals surface area (Å²) in [5.74, 6) is 2.17. The number of rotatable bonds is 3. The maximum absolute atomic E-state index is 5.77. The Balaban J connectivity index is 2.18. The molecule has 0 unspecified atom stereocenters. The Kier molecular flexibility index (Phi) is 3.33. The molecule has 0 aliphatic carbocycles. The van der Waals surface area contributed by atoms with Crippen LogP contribution in [0, 0.1) is 0 Å². The zero-order valence-corrected chi connectivity index (χ0v) is 10.2. The van der Waals surface area contributed by atoms with Crippen LogP contribution in [-0.4, -0.2) is 0 Å². The third-order valence-corrected chi connectivity index (χ3v) is 2.64. The molecular weight excluding hydrogens is 210 g/mol. The number of benzene rings is 2. The summed E-state index contributed by atoms with van der Waals surface area (Å²) in [7, 11) is 0. The summed E-state index contributed by atoms with van der Waals surface area (Å²) < 4.78 is 5.77. The Labute approximate surface area is 102 Å². The highest BCUT2D eigenvalue weighted by molar-refractivity contribution is 5.43. The van der Waals surface area contributed by atoms with Crippen LogP contribution in [0.25, 0.3) is 0 Å². The lowest BCUT2D eigenvalue weighted by molar-refractivity contribution is 0.481. The summed E-state index contributed by atoms with van der Waals surface area (Å²) in [4.78, 5) is 0. The molecule has 2 heteroatoms. The van der Waals surface area contributed by atoms with E-state index in [0.717, 1.165) is 17.2 Å².